The van der Waals surface area contributed by atoms with Crippen molar-refractivity contribution in [2.75, 3.05) is 19.7 Å². The number of benzene rings is 1. The first-order valence-corrected chi connectivity index (χ1v) is 8.41. The fourth-order valence-corrected chi connectivity index (χ4v) is 2.28. The predicted octanol–water partition coefficient (Wildman–Crippen LogP) is 2.84. The summed E-state index contributed by atoms with van der Waals surface area (Å²) in [6, 6.07) is 6.00. The highest BCUT2D eigenvalue weighted by atomic mass is 16.5. The first kappa shape index (κ1) is 20.0. The molecule has 1 aromatic carbocycles. The molecule has 0 fully saturated rings. The quantitative estimate of drug-likeness (QED) is 0.834. The van der Waals surface area contributed by atoms with E-state index in [1.165, 1.54) is 0 Å². The number of aryl methyl sites for hydroxylation is 2. The van der Waals surface area contributed by atoms with E-state index in [1.54, 1.807) is 4.90 Å². The average molecular weight is 334 g/mol. The maximum atomic E-state index is 12.3. The number of carbonyl (C=O) groups is 2. The normalized spacial score (nSPS) is 11.1. The highest BCUT2D eigenvalue weighted by Gasteiger charge is 2.19. The third kappa shape index (κ3) is 7.02. The van der Waals surface area contributed by atoms with Crippen molar-refractivity contribution in [3.8, 4) is 5.75 Å². The molecule has 134 valence electrons. The van der Waals surface area contributed by atoms with Crippen LogP contribution >= 0.6 is 0 Å². The first-order chi connectivity index (χ1) is 11.1. The standard InChI is InChI=1S/C19H30N2O3/c1-7-21(13-17(22)20-19(4,5)6)18(23)10-11-24-16-12-14(2)8-9-15(16)3/h8-9,12H,7,10-11,13H2,1-6H3,(H,20,22). The summed E-state index contributed by atoms with van der Waals surface area (Å²) in [4.78, 5) is 25.8. The molecule has 1 N–H and O–H groups in total. The monoisotopic (exact) mass is 334 g/mol. The maximum Gasteiger partial charge on any atom is 0.240 e. The molecule has 0 saturated carbocycles. The van der Waals surface area contributed by atoms with Crippen LogP contribution < -0.4 is 10.1 Å². The van der Waals surface area contributed by atoms with Crippen molar-refractivity contribution in [2.24, 2.45) is 0 Å². The highest BCUT2D eigenvalue weighted by molar-refractivity contribution is 5.85. The fourth-order valence-electron chi connectivity index (χ4n) is 2.28. The van der Waals surface area contributed by atoms with Gasteiger partial charge >= 0.3 is 0 Å². The SMILES string of the molecule is CCN(CC(=O)NC(C)(C)C)C(=O)CCOc1cc(C)ccc1C. The minimum atomic E-state index is -0.300. The lowest BCUT2D eigenvalue weighted by atomic mass is 10.1. The molecule has 0 atom stereocenters. The van der Waals surface area contributed by atoms with Crippen LogP contribution in [0.15, 0.2) is 18.2 Å². The Balaban J connectivity index is 2.50. The number of nitrogens with zero attached hydrogens (tertiary/aromatic N) is 1. The van der Waals surface area contributed by atoms with E-state index in [0.717, 1.165) is 16.9 Å². The zero-order valence-electron chi connectivity index (χ0n) is 15.7. The van der Waals surface area contributed by atoms with Crippen molar-refractivity contribution >= 4 is 11.8 Å². The Morgan fingerprint density at radius 1 is 1.21 bits per heavy atom. The second kappa shape index (κ2) is 8.71. The van der Waals surface area contributed by atoms with Crippen molar-refractivity contribution in [3.05, 3.63) is 29.3 Å². The summed E-state index contributed by atoms with van der Waals surface area (Å²) in [5.74, 6) is 0.580. The second-order valence-corrected chi connectivity index (χ2v) is 7.07. The summed E-state index contributed by atoms with van der Waals surface area (Å²) in [5.41, 5.74) is 1.87. The molecule has 0 aliphatic rings. The number of hydrogen-bond acceptors (Lipinski definition) is 3. The maximum absolute atomic E-state index is 12.3. The highest BCUT2D eigenvalue weighted by Crippen LogP contribution is 2.19. The zero-order chi connectivity index (χ0) is 18.3. The Bertz CT molecular complexity index is 576. The number of rotatable bonds is 7. The zero-order valence-corrected chi connectivity index (χ0v) is 15.7. The largest absolute Gasteiger partial charge is 0.493 e. The molecular formula is C19H30N2O3. The van der Waals surface area contributed by atoms with Crippen LogP contribution in [-0.4, -0.2) is 41.9 Å². The molecule has 0 aliphatic heterocycles. The van der Waals surface area contributed by atoms with Crippen molar-refractivity contribution in [1.82, 2.24) is 10.2 Å². The summed E-state index contributed by atoms with van der Waals surface area (Å²) in [6.07, 6.45) is 0.254. The molecule has 0 radical (unpaired) electrons. The van der Waals surface area contributed by atoms with Crippen LogP contribution in [0.2, 0.25) is 0 Å². The molecular weight excluding hydrogens is 304 g/mol. The molecule has 0 aliphatic carbocycles. The van der Waals surface area contributed by atoms with Gasteiger partial charge in [0, 0.05) is 12.1 Å². The van der Waals surface area contributed by atoms with E-state index in [4.69, 9.17) is 4.74 Å². The molecule has 0 spiro atoms. The summed E-state index contributed by atoms with van der Waals surface area (Å²) in [7, 11) is 0. The van der Waals surface area contributed by atoms with Crippen LogP contribution in [0.25, 0.3) is 0 Å². The molecule has 0 heterocycles. The predicted molar refractivity (Wildman–Crippen MR) is 96.2 cm³/mol. The van der Waals surface area contributed by atoms with Gasteiger partial charge in [0.2, 0.25) is 11.8 Å². The van der Waals surface area contributed by atoms with Gasteiger partial charge in [0.1, 0.15) is 5.75 Å². The van der Waals surface area contributed by atoms with Gasteiger partial charge in [-0.1, -0.05) is 12.1 Å². The molecule has 0 saturated heterocycles. The Kier molecular flexibility index (Phi) is 7.26. The number of ether oxygens (including phenoxy) is 1. The van der Waals surface area contributed by atoms with Crippen LogP contribution in [-0.2, 0) is 9.59 Å². The third-order valence-corrected chi connectivity index (χ3v) is 3.50. The minimum absolute atomic E-state index is 0.0770. The smallest absolute Gasteiger partial charge is 0.240 e. The lowest BCUT2D eigenvalue weighted by molar-refractivity contribution is -0.136. The van der Waals surface area contributed by atoms with Gasteiger partial charge in [-0.3, -0.25) is 9.59 Å². The van der Waals surface area contributed by atoms with Crippen LogP contribution in [0.3, 0.4) is 0 Å². The van der Waals surface area contributed by atoms with Crippen LogP contribution in [0.5, 0.6) is 5.75 Å². The first-order valence-electron chi connectivity index (χ1n) is 8.41. The summed E-state index contributed by atoms with van der Waals surface area (Å²) in [6.45, 7) is 12.5. The number of amides is 2. The fraction of sp³-hybridized carbons (Fsp3) is 0.579. The van der Waals surface area contributed by atoms with Gasteiger partial charge < -0.3 is 15.0 Å². The van der Waals surface area contributed by atoms with E-state index in [9.17, 15) is 9.59 Å². The average Bonchev–Trinajstić information content (AvgIpc) is 2.46. The van der Waals surface area contributed by atoms with E-state index in [1.807, 2.05) is 59.7 Å². The Morgan fingerprint density at radius 3 is 2.46 bits per heavy atom. The summed E-state index contributed by atoms with van der Waals surface area (Å²) in [5, 5.41) is 2.87. The number of carbonyl (C=O) groups excluding carboxylic acids is 2. The van der Waals surface area contributed by atoms with Gasteiger partial charge in [0.15, 0.2) is 0 Å². The van der Waals surface area contributed by atoms with E-state index in [0.29, 0.717) is 13.2 Å². The Labute approximate surface area is 145 Å². The summed E-state index contributed by atoms with van der Waals surface area (Å²) < 4.78 is 5.72. The molecule has 1 aromatic rings. The van der Waals surface area contributed by atoms with E-state index in [-0.39, 0.29) is 30.3 Å². The van der Waals surface area contributed by atoms with Gasteiger partial charge in [0.25, 0.3) is 0 Å². The van der Waals surface area contributed by atoms with Crippen molar-refractivity contribution < 1.29 is 14.3 Å². The van der Waals surface area contributed by atoms with E-state index < -0.39 is 0 Å². The lowest BCUT2D eigenvalue weighted by Crippen LogP contribution is -2.47. The number of hydrogen-bond donors (Lipinski definition) is 1. The molecule has 0 bridgehead atoms. The number of likely N-dealkylation sites (N-methyl/N-ethyl adjacent to an activating group) is 1. The molecule has 0 aromatic heterocycles. The van der Waals surface area contributed by atoms with Gasteiger partial charge in [-0.05, 0) is 58.7 Å². The number of nitrogens with one attached hydrogen (secondary N) is 1. The third-order valence-electron chi connectivity index (χ3n) is 3.50. The van der Waals surface area contributed by atoms with E-state index >= 15 is 0 Å². The molecule has 24 heavy (non-hydrogen) atoms. The summed E-state index contributed by atoms with van der Waals surface area (Å²) >= 11 is 0. The van der Waals surface area contributed by atoms with Crippen molar-refractivity contribution in [3.63, 3.8) is 0 Å². The van der Waals surface area contributed by atoms with Gasteiger partial charge in [0.05, 0.1) is 19.6 Å². The molecule has 0 unspecified atom stereocenters. The molecule has 5 nitrogen and oxygen atoms in total. The van der Waals surface area contributed by atoms with Crippen molar-refractivity contribution in [2.45, 2.75) is 53.5 Å². The van der Waals surface area contributed by atoms with Crippen molar-refractivity contribution in [1.29, 1.82) is 0 Å². The lowest BCUT2D eigenvalue weighted by Gasteiger charge is -2.25. The Morgan fingerprint density at radius 2 is 1.88 bits per heavy atom. The van der Waals surface area contributed by atoms with Gasteiger partial charge in [-0.25, -0.2) is 0 Å². The van der Waals surface area contributed by atoms with Crippen LogP contribution in [0.1, 0.15) is 45.2 Å². The van der Waals surface area contributed by atoms with Gasteiger partial charge in [-0.15, -0.1) is 0 Å². The topological polar surface area (TPSA) is 58.6 Å². The van der Waals surface area contributed by atoms with E-state index in [2.05, 4.69) is 5.32 Å². The van der Waals surface area contributed by atoms with Gasteiger partial charge in [-0.2, -0.15) is 0 Å². The molecule has 2 amide bonds. The molecule has 1 rings (SSSR count). The minimum Gasteiger partial charge on any atom is -0.493 e. The van der Waals surface area contributed by atoms with Crippen LogP contribution in [0, 0.1) is 13.8 Å². The van der Waals surface area contributed by atoms with Crippen LogP contribution in [0.4, 0.5) is 0 Å². The molecule has 5 heteroatoms. The Hall–Kier alpha value is -2.04. The second-order valence-electron chi connectivity index (χ2n) is 7.07.